The zero-order valence-electron chi connectivity index (χ0n) is 11.9. The normalized spacial score (nSPS) is 10.5. The average molecular weight is 464 g/mol. The Morgan fingerprint density at radius 3 is 2.38 bits per heavy atom. The molecule has 0 fully saturated rings. The molecule has 7 heteroatoms. The summed E-state index contributed by atoms with van der Waals surface area (Å²) in [4.78, 5) is 8.96. The van der Waals surface area contributed by atoms with Crippen molar-refractivity contribution in [3.8, 4) is 22.9 Å². The highest BCUT2D eigenvalue weighted by molar-refractivity contribution is 14.1. The van der Waals surface area contributed by atoms with Crippen LogP contribution in [-0.4, -0.2) is 24.2 Å². The highest BCUT2D eigenvalue weighted by atomic mass is 127. The summed E-state index contributed by atoms with van der Waals surface area (Å²) in [5, 5.41) is 0. The van der Waals surface area contributed by atoms with Crippen LogP contribution in [0, 0.1) is 3.57 Å². The minimum Gasteiger partial charge on any atom is -0.493 e. The molecule has 1 aromatic heterocycles. The van der Waals surface area contributed by atoms with E-state index in [9.17, 15) is 0 Å². The third kappa shape index (κ3) is 3.23. The first-order valence-corrected chi connectivity index (χ1v) is 8.12. The maximum Gasteiger partial charge on any atom is 0.163 e. The molecule has 21 heavy (non-hydrogen) atoms. The van der Waals surface area contributed by atoms with Crippen molar-refractivity contribution in [2.24, 2.45) is 0 Å². The lowest BCUT2D eigenvalue weighted by atomic mass is 10.1. The molecular formula is C14H15BrIN3O2. The lowest BCUT2D eigenvalue weighted by molar-refractivity contribution is 0.355. The van der Waals surface area contributed by atoms with Gasteiger partial charge in [-0.1, -0.05) is 6.92 Å². The van der Waals surface area contributed by atoms with E-state index in [2.05, 4.69) is 48.5 Å². The fourth-order valence-corrected chi connectivity index (χ4v) is 3.02. The molecule has 2 rings (SSSR count). The van der Waals surface area contributed by atoms with Gasteiger partial charge in [0.2, 0.25) is 0 Å². The van der Waals surface area contributed by atoms with E-state index in [1.807, 2.05) is 19.1 Å². The van der Waals surface area contributed by atoms with Gasteiger partial charge >= 0.3 is 0 Å². The maximum absolute atomic E-state index is 5.98. The summed E-state index contributed by atoms with van der Waals surface area (Å²) in [6.45, 7) is 2.04. The van der Waals surface area contributed by atoms with E-state index in [-0.39, 0.29) is 0 Å². The molecule has 1 aromatic carbocycles. The molecule has 0 atom stereocenters. The molecule has 0 radical (unpaired) electrons. The Morgan fingerprint density at radius 2 is 1.81 bits per heavy atom. The fourth-order valence-electron chi connectivity index (χ4n) is 1.89. The third-order valence-corrected chi connectivity index (χ3v) is 4.83. The number of halogens is 2. The van der Waals surface area contributed by atoms with Crippen molar-refractivity contribution in [3.05, 3.63) is 25.9 Å². The van der Waals surface area contributed by atoms with Gasteiger partial charge in [-0.2, -0.15) is 0 Å². The topological polar surface area (TPSA) is 70.3 Å². The molecule has 0 aliphatic rings. The van der Waals surface area contributed by atoms with Gasteiger partial charge in [0.05, 0.1) is 23.5 Å². The third-order valence-electron chi connectivity index (χ3n) is 2.99. The van der Waals surface area contributed by atoms with E-state index in [1.54, 1.807) is 14.2 Å². The van der Waals surface area contributed by atoms with E-state index in [4.69, 9.17) is 15.2 Å². The van der Waals surface area contributed by atoms with Crippen LogP contribution in [0.3, 0.4) is 0 Å². The Morgan fingerprint density at radius 1 is 1.19 bits per heavy atom. The zero-order chi connectivity index (χ0) is 15.6. The van der Waals surface area contributed by atoms with Crippen LogP contribution < -0.4 is 15.2 Å². The summed E-state index contributed by atoms with van der Waals surface area (Å²) in [5.41, 5.74) is 7.72. The fraction of sp³-hybridized carbons (Fsp3) is 0.286. The molecule has 0 spiro atoms. The highest BCUT2D eigenvalue weighted by Crippen LogP contribution is 2.38. The maximum atomic E-state index is 5.98. The van der Waals surface area contributed by atoms with Gasteiger partial charge in [0.1, 0.15) is 5.82 Å². The number of ether oxygens (including phenoxy) is 2. The number of nitrogens with zero attached hydrogens (tertiary/aromatic N) is 2. The van der Waals surface area contributed by atoms with Crippen LogP contribution in [0.25, 0.3) is 11.4 Å². The van der Waals surface area contributed by atoms with Gasteiger partial charge < -0.3 is 15.2 Å². The lowest BCUT2D eigenvalue weighted by Crippen LogP contribution is -2.05. The predicted octanol–water partition coefficient (Wildman–Crippen LogP) is 3.67. The second kappa shape index (κ2) is 6.78. The molecule has 2 N–H and O–H groups in total. The van der Waals surface area contributed by atoms with Crippen molar-refractivity contribution in [3.63, 3.8) is 0 Å². The Hall–Kier alpha value is -1.09. The number of rotatable bonds is 4. The van der Waals surface area contributed by atoms with E-state index in [1.165, 1.54) is 0 Å². The quantitative estimate of drug-likeness (QED) is 0.700. The minimum atomic E-state index is 0.485. The van der Waals surface area contributed by atoms with Gasteiger partial charge in [0.25, 0.3) is 0 Å². The minimum absolute atomic E-state index is 0.485. The van der Waals surface area contributed by atoms with Gasteiger partial charge in [-0.05, 0) is 57.1 Å². The SMILES string of the molecule is CCc1nc(-c2cc(OC)c(OC)cc2Br)nc(N)c1I. The number of benzene rings is 1. The van der Waals surface area contributed by atoms with Crippen molar-refractivity contribution < 1.29 is 9.47 Å². The highest BCUT2D eigenvalue weighted by Gasteiger charge is 2.16. The first-order chi connectivity index (χ1) is 10.0. The van der Waals surface area contributed by atoms with Crippen molar-refractivity contribution in [2.75, 3.05) is 20.0 Å². The molecule has 0 saturated heterocycles. The molecule has 1 heterocycles. The van der Waals surface area contributed by atoms with Crippen LogP contribution in [0.4, 0.5) is 5.82 Å². The molecule has 2 aromatic rings. The molecular weight excluding hydrogens is 449 g/mol. The largest absolute Gasteiger partial charge is 0.493 e. The van der Waals surface area contributed by atoms with Crippen LogP contribution in [0.1, 0.15) is 12.6 Å². The molecule has 0 unspecified atom stereocenters. The number of aromatic nitrogens is 2. The van der Waals surface area contributed by atoms with Crippen LogP contribution in [0.2, 0.25) is 0 Å². The van der Waals surface area contributed by atoms with Crippen LogP contribution in [0.15, 0.2) is 16.6 Å². The molecule has 0 aliphatic carbocycles. The number of methoxy groups -OCH3 is 2. The molecule has 0 saturated carbocycles. The Kier molecular flexibility index (Phi) is 5.26. The summed E-state index contributed by atoms with van der Waals surface area (Å²) in [6.07, 6.45) is 0.795. The molecule has 0 bridgehead atoms. The van der Waals surface area contributed by atoms with Crippen LogP contribution in [-0.2, 0) is 6.42 Å². The summed E-state index contributed by atoms with van der Waals surface area (Å²) in [6, 6.07) is 3.67. The van der Waals surface area contributed by atoms with Gasteiger partial charge in [-0.25, -0.2) is 9.97 Å². The Labute approximate surface area is 145 Å². The Balaban J connectivity index is 2.64. The van der Waals surface area contributed by atoms with Gasteiger partial charge in [-0.3, -0.25) is 0 Å². The van der Waals surface area contributed by atoms with E-state index in [0.29, 0.717) is 23.1 Å². The van der Waals surface area contributed by atoms with E-state index in [0.717, 1.165) is 25.7 Å². The number of anilines is 1. The average Bonchev–Trinajstić information content (AvgIpc) is 2.49. The van der Waals surface area contributed by atoms with Gasteiger partial charge in [0, 0.05) is 10.0 Å². The standard InChI is InChI=1S/C14H15BrIN3O2/c1-4-9-12(16)13(17)19-14(18-9)7-5-10(20-2)11(21-3)6-8(7)15/h5-6H,4H2,1-3H3,(H2,17,18,19). The number of hydrogen-bond acceptors (Lipinski definition) is 5. The van der Waals surface area contributed by atoms with Crippen molar-refractivity contribution in [1.29, 1.82) is 0 Å². The molecule has 0 amide bonds. The second-order valence-electron chi connectivity index (χ2n) is 4.23. The number of aryl methyl sites for hydroxylation is 1. The lowest BCUT2D eigenvalue weighted by Gasteiger charge is -2.13. The van der Waals surface area contributed by atoms with E-state index >= 15 is 0 Å². The molecule has 112 valence electrons. The second-order valence-corrected chi connectivity index (χ2v) is 6.17. The zero-order valence-corrected chi connectivity index (χ0v) is 15.6. The van der Waals surface area contributed by atoms with Crippen LogP contribution >= 0.6 is 38.5 Å². The smallest absolute Gasteiger partial charge is 0.163 e. The van der Waals surface area contributed by atoms with Crippen molar-refractivity contribution in [2.45, 2.75) is 13.3 Å². The van der Waals surface area contributed by atoms with Crippen molar-refractivity contribution >= 4 is 44.3 Å². The summed E-state index contributed by atoms with van der Waals surface area (Å²) in [7, 11) is 3.19. The summed E-state index contributed by atoms with van der Waals surface area (Å²) < 4.78 is 12.3. The summed E-state index contributed by atoms with van der Waals surface area (Å²) in [5.74, 6) is 2.31. The number of hydrogen-bond donors (Lipinski definition) is 1. The Bertz CT molecular complexity index is 680. The first kappa shape index (κ1) is 16.3. The first-order valence-electron chi connectivity index (χ1n) is 6.25. The van der Waals surface area contributed by atoms with Gasteiger partial charge in [-0.15, -0.1) is 0 Å². The predicted molar refractivity (Wildman–Crippen MR) is 94.8 cm³/mol. The van der Waals surface area contributed by atoms with E-state index < -0.39 is 0 Å². The monoisotopic (exact) mass is 463 g/mol. The number of nitrogen functional groups attached to an aromatic ring is 1. The van der Waals surface area contributed by atoms with Crippen molar-refractivity contribution in [1.82, 2.24) is 9.97 Å². The number of nitrogens with two attached hydrogens (primary N) is 1. The molecule has 0 aliphatic heterocycles. The van der Waals surface area contributed by atoms with Crippen LogP contribution in [0.5, 0.6) is 11.5 Å². The summed E-state index contributed by atoms with van der Waals surface area (Å²) >= 11 is 5.69. The molecule has 5 nitrogen and oxygen atoms in total. The van der Waals surface area contributed by atoms with Gasteiger partial charge in [0.15, 0.2) is 17.3 Å².